The lowest BCUT2D eigenvalue weighted by molar-refractivity contribution is -0.384. The zero-order valence-corrected chi connectivity index (χ0v) is 23.5. The van der Waals surface area contributed by atoms with Gasteiger partial charge in [-0.05, 0) is 90.0 Å². The minimum atomic E-state index is -0.519. The molecular weight excluding hydrogens is 617 g/mol. The number of non-ortho nitro benzene ring substituents is 1. The molecule has 0 unspecified atom stereocenters. The van der Waals surface area contributed by atoms with Crippen molar-refractivity contribution >= 4 is 57.8 Å². The van der Waals surface area contributed by atoms with E-state index >= 15 is 0 Å². The Bertz CT molecular complexity index is 1460. The number of halogens is 1. The molecule has 4 rings (SSSR count). The fourth-order valence-electron chi connectivity index (χ4n) is 3.48. The lowest BCUT2D eigenvalue weighted by Gasteiger charge is -2.14. The highest BCUT2D eigenvalue weighted by molar-refractivity contribution is 14.1. The maximum absolute atomic E-state index is 12.7. The monoisotopic (exact) mass is 641 g/mol. The van der Waals surface area contributed by atoms with Gasteiger partial charge < -0.3 is 5.32 Å². The first-order valence-corrected chi connectivity index (χ1v) is 13.5. The molecular formula is C26H24IN7O3S. The highest BCUT2D eigenvalue weighted by Crippen LogP contribution is 2.27. The first-order valence-electron chi connectivity index (χ1n) is 11.6. The summed E-state index contributed by atoms with van der Waals surface area (Å²) >= 11 is 3.56. The molecule has 1 heterocycles. The number of nitro benzene ring substituents is 1. The van der Waals surface area contributed by atoms with Gasteiger partial charge in [0.2, 0.25) is 0 Å². The predicted molar refractivity (Wildman–Crippen MR) is 157 cm³/mol. The summed E-state index contributed by atoms with van der Waals surface area (Å²) in [5.74, 6) is 0.394. The van der Waals surface area contributed by atoms with Crippen molar-refractivity contribution in [1.29, 1.82) is 0 Å². The normalized spacial score (nSPS) is 11.9. The smallest absolute Gasteiger partial charge is 0.269 e. The van der Waals surface area contributed by atoms with Gasteiger partial charge in [0.1, 0.15) is 0 Å². The number of para-hydroxylation sites is 1. The number of benzene rings is 3. The zero-order chi connectivity index (χ0) is 27.1. The number of nitrogens with zero attached hydrogens (tertiary/aromatic N) is 5. The number of carbonyl (C=O) groups is 1. The quantitative estimate of drug-likeness (QED) is 0.0788. The number of rotatable bonds is 10. The Hall–Kier alpha value is -3.78. The zero-order valence-electron chi connectivity index (χ0n) is 20.5. The van der Waals surface area contributed by atoms with Gasteiger partial charge in [-0.25, -0.2) is 5.43 Å². The van der Waals surface area contributed by atoms with Gasteiger partial charge in [0.05, 0.1) is 22.9 Å². The summed E-state index contributed by atoms with van der Waals surface area (Å²) in [6, 6.07) is 21.8. The highest BCUT2D eigenvalue weighted by atomic mass is 127. The van der Waals surface area contributed by atoms with Gasteiger partial charge >= 0.3 is 0 Å². The van der Waals surface area contributed by atoms with Crippen LogP contribution in [0, 0.1) is 20.6 Å². The van der Waals surface area contributed by atoms with Crippen LogP contribution < -0.4 is 10.7 Å². The molecule has 4 aromatic rings. The van der Waals surface area contributed by atoms with E-state index in [1.165, 1.54) is 33.7 Å². The molecule has 1 amide bonds. The van der Waals surface area contributed by atoms with Gasteiger partial charge in [-0.1, -0.05) is 30.0 Å². The lowest BCUT2D eigenvalue weighted by atomic mass is 10.2. The lowest BCUT2D eigenvalue weighted by Crippen LogP contribution is -2.27. The molecule has 0 aliphatic carbocycles. The van der Waals surface area contributed by atoms with Crippen molar-refractivity contribution in [3.8, 4) is 5.69 Å². The summed E-state index contributed by atoms with van der Waals surface area (Å²) in [4.78, 5) is 23.0. The summed E-state index contributed by atoms with van der Waals surface area (Å²) in [5, 5.41) is 27.0. The summed E-state index contributed by atoms with van der Waals surface area (Å²) in [6.45, 7) is 4.26. The maximum atomic E-state index is 12.7. The van der Waals surface area contributed by atoms with E-state index in [9.17, 15) is 14.9 Å². The average molecular weight is 641 g/mol. The van der Waals surface area contributed by atoms with Crippen molar-refractivity contribution in [1.82, 2.24) is 20.2 Å². The Morgan fingerprint density at radius 3 is 2.58 bits per heavy atom. The van der Waals surface area contributed by atoms with Gasteiger partial charge in [0, 0.05) is 27.1 Å². The Balaban J connectivity index is 1.45. The molecule has 0 aliphatic rings. The molecule has 194 valence electrons. The fourth-order valence-corrected chi connectivity index (χ4v) is 5.01. The van der Waals surface area contributed by atoms with E-state index in [2.05, 4.69) is 61.6 Å². The predicted octanol–water partition coefficient (Wildman–Crippen LogP) is 5.33. The SMILES string of the molecule is Cc1cc(I)ccc1NCc1nnc(S[C@H](C)C(=O)N/N=C\c2ccc([N+](=O)[O-])cc2)n1-c1ccccc1. The van der Waals surface area contributed by atoms with E-state index in [4.69, 9.17) is 0 Å². The molecule has 0 saturated carbocycles. The van der Waals surface area contributed by atoms with Crippen molar-refractivity contribution < 1.29 is 9.72 Å². The van der Waals surface area contributed by atoms with Crippen molar-refractivity contribution in [3.63, 3.8) is 0 Å². The summed E-state index contributed by atoms with van der Waals surface area (Å²) < 4.78 is 3.10. The number of thioether (sulfide) groups is 1. The second-order valence-corrected chi connectivity index (χ2v) is 10.8. The van der Waals surface area contributed by atoms with Crippen LogP contribution in [0.25, 0.3) is 5.69 Å². The molecule has 38 heavy (non-hydrogen) atoms. The van der Waals surface area contributed by atoms with E-state index in [0.29, 0.717) is 23.1 Å². The van der Waals surface area contributed by atoms with E-state index in [1.807, 2.05) is 47.0 Å². The van der Waals surface area contributed by atoms with E-state index < -0.39 is 10.2 Å². The van der Waals surface area contributed by atoms with Gasteiger partial charge in [0.15, 0.2) is 11.0 Å². The second-order valence-electron chi connectivity index (χ2n) is 8.23. The number of hydrazone groups is 1. The van der Waals surface area contributed by atoms with Crippen LogP contribution in [0.15, 0.2) is 83.1 Å². The van der Waals surface area contributed by atoms with Crippen LogP contribution in [-0.4, -0.2) is 37.1 Å². The minimum Gasteiger partial charge on any atom is -0.378 e. The number of nitro groups is 1. The number of carbonyl (C=O) groups excluding carboxylic acids is 1. The summed E-state index contributed by atoms with van der Waals surface area (Å²) in [5.41, 5.74) is 6.17. The van der Waals surface area contributed by atoms with Crippen molar-refractivity contribution in [2.45, 2.75) is 30.8 Å². The number of amides is 1. The molecule has 0 radical (unpaired) electrons. The van der Waals surface area contributed by atoms with Crippen LogP contribution in [0.2, 0.25) is 0 Å². The number of anilines is 1. The first kappa shape index (κ1) is 27.3. The first-order chi connectivity index (χ1) is 18.3. The van der Waals surface area contributed by atoms with Crippen LogP contribution >= 0.6 is 34.4 Å². The molecule has 1 aromatic heterocycles. The minimum absolute atomic E-state index is 0.0121. The maximum Gasteiger partial charge on any atom is 0.269 e. The molecule has 1 atom stereocenters. The van der Waals surface area contributed by atoms with Crippen LogP contribution in [0.5, 0.6) is 0 Å². The summed E-state index contributed by atoms with van der Waals surface area (Å²) in [7, 11) is 0. The highest BCUT2D eigenvalue weighted by Gasteiger charge is 2.21. The van der Waals surface area contributed by atoms with Crippen LogP contribution in [-0.2, 0) is 11.3 Å². The average Bonchev–Trinajstić information content (AvgIpc) is 3.31. The van der Waals surface area contributed by atoms with Crippen LogP contribution in [0.4, 0.5) is 11.4 Å². The van der Waals surface area contributed by atoms with Gasteiger partial charge in [-0.15, -0.1) is 10.2 Å². The van der Waals surface area contributed by atoms with E-state index in [0.717, 1.165) is 16.9 Å². The van der Waals surface area contributed by atoms with Crippen LogP contribution in [0.1, 0.15) is 23.9 Å². The largest absolute Gasteiger partial charge is 0.378 e. The Labute approximate surface area is 237 Å². The number of aryl methyl sites for hydroxylation is 1. The molecule has 2 N–H and O–H groups in total. The third-order valence-corrected chi connectivity index (χ3v) is 7.20. The van der Waals surface area contributed by atoms with Crippen molar-refractivity contribution in [2.24, 2.45) is 5.10 Å². The van der Waals surface area contributed by atoms with Crippen LogP contribution in [0.3, 0.4) is 0 Å². The molecule has 0 aliphatic heterocycles. The van der Waals surface area contributed by atoms with Gasteiger partial charge in [-0.2, -0.15) is 5.10 Å². The third kappa shape index (κ3) is 6.95. The van der Waals surface area contributed by atoms with Gasteiger partial charge in [0.25, 0.3) is 11.6 Å². The molecule has 0 bridgehead atoms. The molecule has 0 saturated heterocycles. The molecule has 3 aromatic carbocycles. The number of hydrogen-bond donors (Lipinski definition) is 2. The Morgan fingerprint density at radius 2 is 1.89 bits per heavy atom. The second kappa shape index (κ2) is 12.6. The fraction of sp³-hybridized carbons (Fsp3) is 0.154. The number of hydrogen-bond acceptors (Lipinski definition) is 8. The van der Waals surface area contributed by atoms with Crippen molar-refractivity contribution in [2.75, 3.05) is 5.32 Å². The Kier molecular flexibility index (Phi) is 9.07. The topological polar surface area (TPSA) is 127 Å². The number of nitrogens with one attached hydrogen (secondary N) is 2. The van der Waals surface area contributed by atoms with Gasteiger partial charge in [-0.3, -0.25) is 19.5 Å². The number of aromatic nitrogens is 3. The van der Waals surface area contributed by atoms with Crippen molar-refractivity contribution in [3.05, 3.63) is 103 Å². The summed E-state index contributed by atoms with van der Waals surface area (Å²) in [6.07, 6.45) is 1.43. The molecule has 0 fully saturated rings. The Morgan fingerprint density at radius 1 is 1.16 bits per heavy atom. The standard InChI is InChI=1S/C26H24IN7O3S/c1-17-14-20(27)10-13-23(17)28-16-24-30-32-26(33(24)21-6-4-3-5-7-21)38-18(2)25(35)31-29-15-19-8-11-22(12-9-19)34(36)37/h3-15,18,28H,16H2,1-2H3,(H,31,35)/b29-15-/t18-/m1/s1. The van der Waals surface area contributed by atoms with E-state index in [-0.39, 0.29) is 11.6 Å². The third-order valence-electron chi connectivity index (χ3n) is 5.48. The molecule has 12 heteroatoms. The molecule has 0 spiro atoms. The van der Waals surface area contributed by atoms with E-state index in [1.54, 1.807) is 19.1 Å². The molecule has 10 nitrogen and oxygen atoms in total.